The van der Waals surface area contributed by atoms with Gasteiger partial charge in [-0.2, -0.15) is 0 Å². The standard InChI is InChI=1S/C14H19NS/c15-14(7-8-14)13(5-6-13)11-9-16-12-4-2-1-3-10(11)12/h9H,1-8,15H2. The van der Waals surface area contributed by atoms with E-state index >= 15 is 0 Å². The van der Waals surface area contributed by atoms with Crippen LogP contribution in [0.4, 0.5) is 0 Å². The molecule has 4 rings (SSSR count). The number of thiophene rings is 1. The third kappa shape index (κ3) is 1.10. The van der Waals surface area contributed by atoms with Crippen molar-refractivity contribution in [1.82, 2.24) is 0 Å². The van der Waals surface area contributed by atoms with Crippen LogP contribution in [0.3, 0.4) is 0 Å². The van der Waals surface area contributed by atoms with Gasteiger partial charge in [0, 0.05) is 15.8 Å². The predicted molar refractivity (Wildman–Crippen MR) is 68.0 cm³/mol. The summed E-state index contributed by atoms with van der Waals surface area (Å²) in [6, 6.07) is 0. The molecule has 1 nitrogen and oxygen atoms in total. The first-order valence-electron chi connectivity index (χ1n) is 6.64. The van der Waals surface area contributed by atoms with E-state index in [1.165, 1.54) is 51.4 Å². The molecule has 0 unspecified atom stereocenters. The minimum atomic E-state index is 0.194. The van der Waals surface area contributed by atoms with E-state index in [1.54, 1.807) is 16.0 Å². The summed E-state index contributed by atoms with van der Waals surface area (Å²) in [5, 5.41) is 2.45. The summed E-state index contributed by atoms with van der Waals surface area (Å²) < 4.78 is 0. The lowest BCUT2D eigenvalue weighted by Gasteiger charge is -2.25. The molecule has 1 heterocycles. The van der Waals surface area contributed by atoms with Gasteiger partial charge in [-0.05, 0) is 67.9 Å². The molecule has 2 N–H and O–H groups in total. The normalized spacial score (nSPS) is 28.6. The van der Waals surface area contributed by atoms with Gasteiger partial charge in [-0.25, -0.2) is 0 Å². The maximum atomic E-state index is 6.52. The molecule has 0 aliphatic heterocycles. The van der Waals surface area contributed by atoms with Crippen LogP contribution in [0, 0.1) is 0 Å². The van der Waals surface area contributed by atoms with E-state index in [0.29, 0.717) is 5.41 Å². The van der Waals surface area contributed by atoms with Crippen molar-refractivity contribution >= 4 is 11.3 Å². The SMILES string of the molecule is NC1(C2(c3csc4c3CCCC4)CC2)CC1. The van der Waals surface area contributed by atoms with Crippen LogP contribution < -0.4 is 5.73 Å². The van der Waals surface area contributed by atoms with E-state index in [1.807, 2.05) is 11.3 Å². The Kier molecular flexibility index (Phi) is 1.76. The molecule has 0 spiro atoms. The minimum absolute atomic E-state index is 0.194. The van der Waals surface area contributed by atoms with Gasteiger partial charge < -0.3 is 5.73 Å². The molecule has 2 saturated carbocycles. The van der Waals surface area contributed by atoms with Crippen LogP contribution in [-0.4, -0.2) is 5.54 Å². The van der Waals surface area contributed by atoms with Crippen molar-refractivity contribution in [1.29, 1.82) is 0 Å². The molecule has 86 valence electrons. The van der Waals surface area contributed by atoms with E-state index in [4.69, 9.17) is 5.73 Å². The zero-order valence-electron chi connectivity index (χ0n) is 9.72. The van der Waals surface area contributed by atoms with Gasteiger partial charge in [0.05, 0.1) is 0 Å². The van der Waals surface area contributed by atoms with Gasteiger partial charge in [-0.1, -0.05) is 0 Å². The fourth-order valence-corrected chi connectivity index (χ4v) is 4.91. The predicted octanol–water partition coefficient (Wildman–Crippen LogP) is 3.15. The van der Waals surface area contributed by atoms with Gasteiger partial charge in [0.25, 0.3) is 0 Å². The van der Waals surface area contributed by atoms with Gasteiger partial charge in [-0.15, -0.1) is 11.3 Å². The van der Waals surface area contributed by atoms with Crippen LogP contribution in [0.2, 0.25) is 0 Å². The Balaban J connectivity index is 1.80. The van der Waals surface area contributed by atoms with Crippen molar-refractivity contribution in [3.63, 3.8) is 0 Å². The number of rotatable bonds is 2. The maximum Gasteiger partial charge on any atom is 0.0254 e. The molecule has 1 aromatic heterocycles. The second-order valence-electron chi connectivity index (χ2n) is 6.00. The first-order chi connectivity index (χ1) is 7.75. The average Bonchev–Trinajstić information content (AvgIpc) is 3.20. The van der Waals surface area contributed by atoms with E-state index in [-0.39, 0.29) is 5.54 Å². The largest absolute Gasteiger partial charge is 0.324 e. The molecule has 3 aliphatic carbocycles. The average molecular weight is 233 g/mol. The second kappa shape index (κ2) is 2.91. The smallest absolute Gasteiger partial charge is 0.0254 e. The maximum absolute atomic E-state index is 6.52. The summed E-state index contributed by atoms with van der Waals surface area (Å²) in [5.74, 6) is 0. The van der Waals surface area contributed by atoms with Gasteiger partial charge >= 0.3 is 0 Å². The molecule has 0 atom stereocenters. The fraction of sp³-hybridized carbons (Fsp3) is 0.714. The third-order valence-corrected chi connectivity index (χ3v) is 6.16. The van der Waals surface area contributed by atoms with Crippen molar-refractivity contribution in [2.75, 3.05) is 0 Å². The molecule has 0 aromatic carbocycles. The third-order valence-electron chi connectivity index (χ3n) is 5.07. The highest BCUT2D eigenvalue weighted by atomic mass is 32.1. The summed E-state index contributed by atoms with van der Waals surface area (Å²) in [5.41, 5.74) is 10.5. The lowest BCUT2D eigenvalue weighted by molar-refractivity contribution is 0.498. The van der Waals surface area contributed by atoms with Crippen LogP contribution in [0.15, 0.2) is 5.38 Å². The Labute approximate surface area is 101 Å². The molecule has 3 aliphatic rings. The van der Waals surface area contributed by atoms with E-state index in [2.05, 4.69) is 5.38 Å². The van der Waals surface area contributed by atoms with Crippen molar-refractivity contribution < 1.29 is 0 Å². The minimum Gasteiger partial charge on any atom is -0.324 e. The molecular weight excluding hydrogens is 214 g/mol. The summed E-state index contributed by atoms with van der Waals surface area (Å²) >= 11 is 2.01. The number of aryl methyl sites for hydroxylation is 1. The molecule has 2 heteroatoms. The molecule has 0 bridgehead atoms. The molecule has 0 amide bonds. The number of hydrogen-bond donors (Lipinski definition) is 1. The van der Waals surface area contributed by atoms with Crippen LogP contribution in [0.25, 0.3) is 0 Å². The van der Waals surface area contributed by atoms with Crippen LogP contribution in [-0.2, 0) is 18.3 Å². The molecule has 16 heavy (non-hydrogen) atoms. The van der Waals surface area contributed by atoms with Crippen LogP contribution >= 0.6 is 11.3 Å². The van der Waals surface area contributed by atoms with Gasteiger partial charge in [-0.3, -0.25) is 0 Å². The Morgan fingerprint density at radius 3 is 2.50 bits per heavy atom. The Bertz CT molecular complexity index is 438. The van der Waals surface area contributed by atoms with Gasteiger partial charge in [0.2, 0.25) is 0 Å². The summed E-state index contributed by atoms with van der Waals surface area (Å²) in [6.07, 6.45) is 10.7. The Morgan fingerprint density at radius 1 is 1.06 bits per heavy atom. The number of hydrogen-bond acceptors (Lipinski definition) is 2. The highest BCUT2D eigenvalue weighted by molar-refractivity contribution is 7.10. The molecule has 1 aromatic rings. The van der Waals surface area contributed by atoms with E-state index in [0.717, 1.165) is 0 Å². The second-order valence-corrected chi connectivity index (χ2v) is 6.96. The van der Waals surface area contributed by atoms with Crippen molar-refractivity contribution in [2.45, 2.75) is 62.3 Å². The van der Waals surface area contributed by atoms with Crippen LogP contribution in [0.5, 0.6) is 0 Å². The Hall–Kier alpha value is -0.340. The number of fused-ring (bicyclic) bond motifs is 1. The van der Waals surface area contributed by atoms with E-state index in [9.17, 15) is 0 Å². The zero-order valence-corrected chi connectivity index (χ0v) is 10.5. The first kappa shape index (κ1) is 9.67. The highest BCUT2D eigenvalue weighted by Crippen LogP contribution is 2.65. The summed E-state index contributed by atoms with van der Waals surface area (Å²) in [7, 11) is 0. The molecule has 0 radical (unpaired) electrons. The summed E-state index contributed by atoms with van der Waals surface area (Å²) in [6.45, 7) is 0. The quantitative estimate of drug-likeness (QED) is 0.834. The first-order valence-corrected chi connectivity index (χ1v) is 7.52. The number of nitrogens with two attached hydrogens (primary N) is 1. The lowest BCUT2D eigenvalue weighted by Crippen LogP contribution is -2.37. The van der Waals surface area contributed by atoms with E-state index < -0.39 is 0 Å². The molecule has 0 saturated heterocycles. The van der Waals surface area contributed by atoms with Crippen molar-refractivity contribution in [3.8, 4) is 0 Å². The Morgan fingerprint density at radius 2 is 1.81 bits per heavy atom. The van der Waals surface area contributed by atoms with Crippen molar-refractivity contribution in [3.05, 3.63) is 21.4 Å². The highest BCUT2D eigenvalue weighted by Gasteiger charge is 2.64. The fourth-order valence-electron chi connectivity index (χ4n) is 3.67. The van der Waals surface area contributed by atoms with Crippen LogP contribution in [0.1, 0.15) is 54.5 Å². The molecular formula is C14H19NS. The summed E-state index contributed by atoms with van der Waals surface area (Å²) in [4.78, 5) is 1.68. The van der Waals surface area contributed by atoms with Crippen molar-refractivity contribution in [2.24, 2.45) is 5.73 Å². The van der Waals surface area contributed by atoms with Gasteiger partial charge in [0.1, 0.15) is 0 Å². The van der Waals surface area contributed by atoms with Gasteiger partial charge in [0.15, 0.2) is 0 Å². The monoisotopic (exact) mass is 233 g/mol. The zero-order chi connectivity index (χ0) is 10.8. The topological polar surface area (TPSA) is 26.0 Å². The lowest BCUT2D eigenvalue weighted by atomic mass is 9.82. The molecule has 2 fully saturated rings.